The number of fused-ring (bicyclic) bond motifs is 1. The number of rotatable bonds is 4. The zero-order valence-electron chi connectivity index (χ0n) is 16.9. The van der Waals surface area contributed by atoms with Crippen molar-refractivity contribution in [1.82, 2.24) is 14.9 Å². The molecule has 2 aromatic rings. The summed E-state index contributed by atoms with van der Waals surface area (Å²) in [7, 11) is 0. The summed E-state index contributed by atoms with van der Waals surface area (Å²) in [4.78, 5) is 11.6. The molecule has 3 aliphatic rings. The third-order valence-electron chi connectivity index (χ3n) is 7.21. The van der Waals surface area contributed by atoms with Crippen LogP contribution in [0.25, 0.3) is 10.9 Å². The lowest BCUT2D eigenvalue weighted by molar-refractivity contribution is -0.143. The summed E-state index contributed by atoms with van der Waals surface area (Å²) < 4.78 is 5.47. The number of hydrogen-bond donors (Lipinski definition) is 1. The summed E-state index contributed by atoms with van der Waals surface area (Å²) in [6.07, 6.45) is 9.53. The molecule has 0 radical (unpaired) electrons. The molecule has 2 aliphatic heterocycles. The van der Waals surface area contributed by atoms with E-state index in [2.05, 4.69) is 32.3 Å². The third kappa shape index (κ3) is 3.82. The van der Waals surface area contributed by atoms with Crippen LogP contribution in [0.15, 0.2) is 24.5 Å². The minimum absolute atomic E-state index is 0.415. The third-order valence-corrected chi connectivity index (χ3v) is 7.21. The molecule has 5 rings (SSSR count). The number of nitrogens with one attached hydrogen (secondary N) is 1. The molecule has 1 spiro atoms. The van der Waals surface area contributed by atoms with Crippen LogP contribution < -0.4 is 5.32 Å². The number of likely N-dealkylation sites (tertiary alicyclic amines) is 1. The molecule has 1 N–H and O–H groups in total. The molecular formula is C23H29N5O. The smallest absolute Gasteiger partial charge is 0.137 e. The van der Waals surface area contributed by atoms with E-state index < -0.39 is 0 Å². The largest absolute Gasteiger partial charge is 0.380 e. The first-order valence-corrected chi connectivity index (χ1v) is 10.9. The van der Waals surface area contributed by atoms with Crippen molar-refractivity contribution in [2.24, 2.45) is 5.41 Å². The number of hydrogen-bond acceptors (Lipinski definition) is 6. The molecule has 1 aliphatic carbocycles. The van der Waals surface area contributed by atoms with E-state index in [0.29, 0.717) is 17.9 Å². The first-order valence-electron chi connectivity index (χ1n) is 10.9. The molecule has 2 saturated heterocycles. The van der Waals surface area contributed by atoms with Crippen molar-refractivity contribution in [3.05, 3.63) is 30.1 Å². The number of benzene rings is 1. The Morgan fingerprint density at radius 1 is 1.14 bits per heavy atom. The van der Waals surface area contributed by atoms with Gasteiger partial charge in [0.25, 0.3) is 0 Å². The predicted molar refractivity (Wildman–Crippen MR) is 113 cm³/mol. The lowest BCUT2D eigenvalue weighted by Gasteiger charge is -2.49. The van der Waals surface area contributed by atoms with Gasteiger partial charge in [0.05, 0.1) is 31.2 Å². The Morgan fingerprint density at radius 3 is 2.62 bits per heavy atom. The fourth-order valence-corrected chi connectivity index (χ4v) is 5.24. The zero-order valence-corrected chi connectivity index (χ0v) is 16.9. The van der Waals surface area contributed by atoms with E-state index in [1.165, 1.54) is 51.6 Å². The maximum Gasteiger partial charge on any atom is 0.137 e. The summed E-state index contributed by atoms with van der Waals surface area (Å²) in [5, 5.41) is 13.7. The molecule has 1 aromatic heterocycles. The highest BCUT2D eigenvalue weighted by atomic mass is 16.5. The van der Waals surface area contributed by atoms with Crippen molar-refractivity contribution in [1.29, 1.82) is 5.26 Å². The molecule has 6 heteroatoms. The molecule has 152 valence electrons. The number of anilines is 1. The van der Waals surface area contributed by atoms with E-state index in [-0.39, 0.29) is 0 Å². The van der Waals surface area contributed by atoms with Gasteiger partial charge in [0.15, 0.2) is 0 Å². The average molecular weight is 392 g/mol. The van der Waals surface area contributed by atoms with Crippen molar-refractivity contribution in [2.45, 2.75) is 57.0 Å². The van der Waals surface area contributed by atoms with Gasteiger partial charge in [-0.1, -0.05) is 6.07 Å². The van der Waals surface area contributed by atoms with E-state index in [1.807, 2.05) is 12.1 Å². The highest BCUT2D eigenvalue weighted by Gasteiger charge is 2.42. The van der Waals surface area contributed by atoms with Crippen LogP contribution in [0.1, 0.15) is 44.1 Å². The summed E-state index contributed by atoms with van der Waals surface area (Å²) in [6, 6.07) is 9.44. The minimum atomic E-state index is 0.415. The Bertz CT molecular complexity index is 901. The van der Waals surface area contributed by atoms with Crippen LogP contribution in [0, 0.1) is 16.7 Å². The van der Waals surface area contributed by atoms with Crippen LogP contribution in [0.2, 0.25) is 0 Å². The molecule has 6 nitrogen and oxygen atoms in total. The van der Waals surface area contributed by atoms with Crippen LogP contribution in [-0.4, -0.2) is 53.3 Å². The molecule has 1 saturated carbocycles. The number of aromatic nitrogens is 2. The second kappa shape index (κ2) is 7.89. The van der Waals surface area contributed by atoms with Gasteiger partial charge in [0.2, 0.25) is 0 Å². The van der Waals surface area contributed by atoms with Gasteiger partial charge in [-0.05, 0) is 69.3 Å². The van der Waals surface area contributed by atoms with Crippen LogP contribution in [0.5, 0.6) is 0 Å². The number of ether oxygens (including phenoxy) is 1. The van der Waals surface area contributed by atoms with Crippen LogP contribution in [-0.2, 0) is 11.2 Å². The molecule has 0 unspecified atom stereocenters. The Balaban J connectivity index is 1.20. The quantitative estimate of drug-likeness (QED) is 0.859. The van der Waals surface area contributed by atoms with Gasteiger partial charge in [0, 0.05) is 22.9 Å². The van der Waals surface area contributed by atoms with Gasteiger partial charge in [-0.3, -0.25) is 0 Å². The molecular weight excluding hydrogens is 362 g/mol. The van der Waals surface area contributed by atoms with E-state index in [1.54, 1.807) is 6.33 Å². The summed E-state index contributed by atoms with van der Waals surface area (Å²) in [5.74, 6) is 0.906. The second-order valence-corrected chi connectivity index (χ2v) is 9.09. The van der Waals surface area contributed by atoms with Crippen molar-refractivity contribution < 1.29 is 4.74 Å². The molecule has 0 bridgehead atoms. The van der Waals surface area contributed by atoms with Crippen LogP contribution in [0.4, 0.5) is 5.82 Å². The number of nitrogens with zero attached hydrogens (tertiary/aromatic N) is 4. The molecule has 3 fully saturated rings. The van der Waals surface area contributed by atoms with Gasteiger partial charge >= 0.3 is 0 Å². The lowest BCUT2D eigenvalue weighted by Crippen LogP contribution is -2.53. The standard InChI is InChI=1S/C23H29N5O/c24-10-7-17-1-6-21-20(13-17)22(26-16-25-21)27-18-2-4-19(5-3-18)28-11-8-23(9-12-28)14-29-15-23/h1,6,13,16,18-19H,2-5,7-9,11-12,14-15H2,(H,25,26,27). The van der Waals surface area contributed by atoms with Crippen LogP contribution >= 0.6 is 0 Å². The maximum atomic E-state index is 8.99. The highest BCUT2D eigenvalue weighted by Crippen LogP contribution is 2.40. The molecule has 3 heterocycles. The summed E-state index contributed by atoms with van der Waals surface area (Å²) in [5.41, 5.74) is 2.47. The number of piperidine rings is 1. The fraction of sp³-hybridized carbons (Fsp3) is 0.609. The van der Waals surface area contributed by atoms with Gasteiger partial charge < -0.3 is 15.0 Å². The first kappa shape index (κ1) is 18.8. The topological polar surface area (TPSA) is 74.1 Å². The monoisotopic (exact) mass is 391 g/mol. The molecule has 0 amide bonds. The minimum Gasteiger partial charge on any atom is -0.380 e. The van der Waals surface area contributed by atoms with E-state index in [4.69, 9.17) is 10.00 Å². The Labute approximate surface area is 172 Å². The number of nitriles is 1. The fourth-order valence-electron chi connectivity index (χ4n) is 5.24. The van der Waals surface area contributed by atoms with E-state index in [0.717, 1.165) is 41.5 Å². The lowest BCUT2D eigenvalue weighted by atomic mass is 9.76. The van der Waals surface area contributed by atoms with Gasteiger partial charge in [-0.2, -0.15) is 5.26 Å². The van der Waals surface area contributed by atoms with Crippen molar-refractivity contribution >= 4 is 16.7 Å². The van der Waals surface area contributed by atoms with Gasteiger partial charge in [0.1, 0.15) is 12.1 Å². The average Bonchev–Trinajstić information content (AvgIpc) is 2.74. The predicted octanol–water partition coefficient (Wildman–Crippen LogP) is 3.53. The highest BCUT2D eigenvalue weighted by molar-refractivity contribution is 5.89. The summed E-state index contributed by atoms with van der Waals surface area (Å²) in [6.45, 7) is 4.45. The van der Waals surface area contributed by atoms with Crippen molar-refractivity contribution in [2.75, 3.05) is 31.6 Å². The normalized spacial score (nSPS) is 26.7. The second-order valence-electron chi connectivity index (χ2n) is 9.09. The van der Waals surface area contributed by atoms with E-state index in [9.17, 15) is 0 Å². The Kier molecular flexibility index (Phi) is 5.11. The van der Waals surface area contributed by atoms with Crippen molar-refractivity contribution in [3.63, 3.8) is 0 Å². The summed E-state index contributed by atoms with van der Waals surface area (Å²) >= 11 is 0. The van der Waals surface area contributed by atoms with Gasteiger partial charge in [-0.25, -0.2) is 9.97 Å². The van der Waals surface area contributed by atoms with Crippen LogP contribution in [0.3, 0.4) is 0 Å². The van der Waals surface area contributed by atoms with E-state index >= 15 is 0 Å². The molecule has 0 atom stereocenters. The molecule has 29 heavy (non-hydrogen) atoms. The zero-order chi connectivity index (χ0) is 19.7. The maximum absolute atomic E-state index is 8.99. The Hall–Kier alpha value is -2.23. The SMILES string of the molecule is N#CCc1ccc2ncnc(NC3CCC(N4CCC5(CC4)COC5)CC3)c2c1. The van der Waals surface area contributed by atoms with Gasteiger partial charge in [-0.15, -0.1) is 0 Å². The first-order chi connectivity index (χ1) is 14.2. The Morgan fingerprint density at radius 2 is 1.93 bits per heavy atom. The van der Waals surface area contributed by atoms with Crippen molar-refractivity contribution in [3.8, 4) is 6.07 Å². The molecule has 1 aromatic carbocycles.